The molecular formula is C22H29FO5. The third-order valence-corrected chi connectivity index (χ3v) is 8.75. The third kappa shape index (κ3) is 2.01. The van der Waals surface area contributed by atoms with E-state index >= 15 is 4.39 Å². The van der Waals surface area contributed by atoms with Gasteiger partial charge < -0.3 is 15.3 Å². The minimum Gasteiger partial charge on any atom is -0.390 e. The van der Waals surface area contributed by atoms with Gasteiger partial charge in [-0.15, -0.1) is 0 Å². The minimum atomic E-state index is -1.98. The van der Waals surface area contributed by atoms with Crippen molar-refractivity contribution in [1.82, 2.24) is 0 Å². The minimum absolute atomic E-state index is 0.0676. The Morgan fingerprint density at radius 1 is 1.32 bits per heavy atom. The van der Waals surface area contributed by atoms with Crippen molar-refractivity contribution in [2.24, 2.45) is 28.6 Å². The zero-order valence-corrected chi connectivity index (χ0v) is 16.6. The lowest BCUT2D eigenvalue weighted by Gasteiger charge is -2.62. The number of hydrogen-bond donors (Lipinski definition) is 3. The molecule has 5 nitrogen and oxygen atoms in total. The molecule has 2 saturated carbocycles. The monoisotopic (exact) mass is 392 g/mol. The third-order valence-electron chi connectivity index (χ3n) is 8.75. The van der Waals surface area contributed by atoms with E-state index in [4.69, 9.17) is 0 Å². The van der Waals surface area contributed by atoms with E-state index in [-0.39, 0.29) is 24.5 Å². The highest BCUT2D eigenvalue weighted by atomic mass is 19.1. The molecule has 3 unspecified atom stereocenters. The number of halogens is 1. The molecule has 0 aromatic rings. The van der Waals surface area contributed by atoms with Crippen LogP contribution in [0.3, 0.4) is 0 Å². The largest absolute Gasteiger partial charge is 0.390 e. The van der Waals surface area contributed by atoms with Gasteiger partial charge in [-0.3, -0.25) is 9.59 Å². The Labute approximate surface area is 164 Å². The summed E-state index contributed by atoms with van der Waals surface area (Å²) in [5.74, 6) is -2.09. The van der Waals surface area contributed by atoms with Crippen molar-refractivity contribution in [2.75, 3.05) is 6.61 Å². The van der Waals surface area contributed by atoms with Gasteiger partial charge in [0, 0.05) is 23.2 Å². The summed E-state index contributed by atoms with van der Waals surface area (Å²) in [6.45, 7) is 4.47. The van der Waals surface area contributed by atoms with E-state index in [0.717, 1.165) is 0 Å². The number of aliphatic hydroxyl groups excluding tert-OH is 2. The number of rotatable bonds is 2. The van der Waals surface area contributed by atoms with Gasteiger partial charge in [-0.2, -0.15) is 0 Å². The fraction of sp³-hybridized carbons (Fsp3) is 0.727. The number of hydrogen-bond acceptors (Lipinski definition) is 5. The summed E-state index contributed by atoms with van der Waals surface area (Å²) >= 11 is 0. The predicted molar refractivity (Wildman–Crippen MR) is 99.9 cm³/mol. The molecule has 0 heterocycles. The lowest BCUT2D eigenvalue weighted by molar-refractivity contribution is -0.215. The molecule has 0 radical (unpaired) electrons. The van der Waals surface area contributed by atoms with Crippen LogP contribution in [0, 0.1) is 28.6 Å². The van der Waals surface area contributed by atoms with Crippen molar-refractivity contribution in [1.29, 1.82) is 0 Å². The number of ketones is 2. The summed E-state index contributed by atoms with van der Waals surface area (Å²) in [7, 11) is 0. The topological polar surface area (TPSA) is 94.8 Å². The molecule has 0 amide bonds. The number of fused-ring (bicyclic) bond motifs is 5. The Morgan fingerprint density at radius 3 is 2.64 bits per heavy atom. The van der Waals surface area contributed by atoms with Gasteiger partial charge in [0.15, 0.2) is 17.2 Å². The van der Waals surface area contributed by atoms with E-state index in [1.807, 2.05) is 6.08 Å². The van der Waals surface area contributed by atoms with E-state index in [1.165, 1.54) is 6.08 Å². The van der Waals surface area contributed by atoms with Gasteiger partial charge in [0.2, 0.25) is 0 Å². The van der Waals surface area contributed by atoms with E-state index in [2.05, 4.69) is 0 Å². The van der Waals surface area contributed by atoms with E-state index in [0.29, 0.717) is 18.4 Å². The van der Waals surface area contributed by atoms with Crippen LogP contribution >= 0.6 is 0 Å². The first-order valence-corrected chi connectivity index (χ1v) is 10.1. The molecule has 6 heteroatoms. The maximum absolute atomic E-state index is 16.9. The molecule has 154 valence electrons. The first-order valence-electron chi connectivity index (χ1n) is 10.1. The van der Waals surface area contributed by atoms with Gasteiger partial charge in [0.05, 0.1) is 6.10 Å². The fourth-order valence-corrected chi connectivity index (χ4v) is 7.17. The Morgan fingerprint density at radius 2 is 2.00 bits per heavy atom. The summed E-state index contributed by atoms with van der Waals surface area (Å²) < 4.78 is 16.9. The van der Waals surface area contributed by atoms with E-state index in [1.54, 1.807) is 26.8 Å². The highest BCUT2D eigenvalue weighted by Gasteiger charge is 2.75. The predicted octanol–water partition coefficient (Wildman–Crippen LogP) is 1.90. The molecule has 0 saturated heterocycles. The lowest BCUT2D eigenvalue weighted by atomic mass is 9.45. The van der Waals surface area contributed by atoms with E-state index in [9.17, 15) is 24.9 Å². The number of carbonyl (C=O) groups excluding carboxylic acids is 2. The van der Waals surface area contributed by atoms with Crippen LogP contribution in [-0.4, -0.2) is 50.9 Å². The summed E-state index contributed by atoms with van der Waals surface area (Å²) in [5.41, 5.74) is -5.18. The van der Waals surface area contributed by atoms with Crippen LogP contribution in [0.15, 0.2) is 23.8 Å². The van der Waals surface area contributed by atoms with Gasteiger partial charge in [-0.05, 0) is 44.1 Å². The number of Topliss-reactive ketones (excluding diaryl/α,β-unsaturated/α-hetero) is 1. The van der Waals surface area contributed by atoms with Crippen molar-refractivity contribution >= 4 is 11.6 Å². The Hall–Kier alpha value is -1.37. The smallest absolute Gasteiger partial charge is 0.190 e. The second-order valence-electron chi connectivity index (χ2n) is 9.75. The molecule has 3 N–H and O–H groups in total. The quantitative estimate of drug-likeness (QED) is 0.624. The number of alkyl halides is 1. The average molecular weight is 392 g/mol. The van der Waals surface area contributed by atoms with Crippen molar-refractivity contribution in [3.63, 3.8) is 0 Å². The standard InChI is InChI=1S/C22H29FO5/c1-12-8-16-15-5-4-13-9-14(25)6-7-19(13,2)21(15,23)17(26)10-20(16,3)22(12,28)18(27)11-24/h4,6-7,12,15-17,24,26,28H,5,8-11H2,1-3H3/t12-,15?,16+,17+,19?,20?,21+,22+/m1/s1. The van der Waals surface area contributed by atoms with Gasteiger partial charge >= 0.3 is 0 Å². The fourth-order valence-electron chi connectivity index (χ4n) is 7.17. The second kappa shape index (κ2) is 5.83. The molecule has 0 aromatic carbocycles. The second-order valence-corrected chi connectivity index (χ2v) is 9.75. The highest BCUT2D eigenvalue weighted by molar-refractivity contribution is 5.93. The van der Waals surface area contributed by atoms with Crippen LogP contribution in [0.5, 0.6) is 0 Å². The molecule has 4 rings (SSSR count). The molecule has 28 heavy (non-hydrogen) atoms. The van der Waals surface area contributed by atoms with Crippen LogP contribution in [-0.2, 0) is 9.59 Å². The van der Waals surface area contributed by atoms with Crippen molar-refractivity contribution < 1.29 is 29.3 Å². The summed E-state index contributed by atoms with van der Waals surface area (Å²) in [5, 5.41) is 32.0. The normalized spacial score (nSPS) is 52.5. The van der Waals surface area contributed by atoms with Crippen molar-refractivity contribution in [3.05, 3.63) is 23.8 Å². The zero-order chi connectivity index (χ0) is 20.7. The average Bonchev–Trinajstić information content (AvgIpc) is 2.84. The Bertz CT molecular complexity index is 805. The van der Waals surface area contributed by atoms with Gasteiger partial charge in [0.1, 0.15) is 12.2 Å². The molecule has 4 aliphatic rings. The molecule has 0 aliphatic heterocycles. The summed E-state index contributed by atoms with van der Waals surface area (Å²) in [6.07, 6.45) is 4.41. The van der Waals surface area contributed by atoms with Crippen LogP contribution in [0.2, 0.25) is 0 Å². The molecule has 2 fully saturated rings. The Kier molecular flexibility index (Phi) is 4.15. The van der Waals surface area contributed by atoms with E-state index < -0.39 is 52.4 Å². The molecular weight excluding hydrogens is 363 g/mol. The SMILES string of the molecule is C[C@@H]1C[C@H]2C3CC=C4CC(=O)C=CC4(C)[C@@]3(F)[C@@H](O)CC2(C)[C@@]1(O)C(=O)CO. The maximum atomic E-state index is 16.9. The van der Waals surface area contributed by atoms with Crippen molar-refractivity contribution in [2.45, 2.75) is 63.8 Å². The summed E-state index contributed by atoms with van der Waals surface area (Å²) in [6, 6.07) is 0. The van der Waals surface area contributed by atoms with Crippen LogP contribution in [0.4, 0.5) is 4.39 Å². The highest BCUT2D eigenvalue weighted by Crippen LogP contribution is 2.70. The molecule has 0 spiro atoms. The van der Waals surface area contributed by atoms with Gasteiger partial charge in [-0.1, -0.05) is 31.6 Å². The first kappa shape index (κ1) is 19.9. The molecule has 8 atom stereocenters. The maximum Gasteiger partial charge on any atom is 0.190 e. The van der Waals surface area contributed by atoms with Crippen LogP contribution in [0.1, 0.15) is 46.5 Å². The molecule has 0 bridgehead atoms. The number of allylic oxidation sites excluding steroid dienone is 4. The summed E-state index contributed by atoms with van der Waals surface area (Å²) in [4.78, 5) is 24.4. The van der Waals surface area contributed by atoms with Crippen LogP contribution < -0.4 is 0 Å². The van der Waals surface area contributed by atoms with Gasteiger partial charge in [0.25, 0.3) is 0 Å². The first-order chi connectivity index (χ1) is 13.0. The Balaban J connectivity index is 1.85. The molecule has 0 aromatic heterocycles. The number of carbonyl (C=O) groups is 2. The number of aliphatic hydroxyl groups is 3. The van der Waals surface area contributed by atoms with Crippen molar-refractivity contribution in [3.8, 4) is 0 Å². The van der Waals surface area contributed by atoms with Crippen LogP contribution in [0.25, 0.3) is 0 Å². The lowest BCUT2D eigenvalue weighted by Crippen LogP contribution is -2.69. The molecule has 4 aliphatic carbocycles. The zero-order valence-electron chi connectivity index (χ0n) is 16.6. The van der Waals surface area contributed by atoms with Gasteiger partial charge in [-0.25, -0.2) is 4.39 Å².